The van der Waals surface area contributed by atoms with Crippen molar-refractivity contribution in [1.29, 1.82) is 0 Å². The van der Waals surface area contributed by atoms with Crippen LogP contribution in [0.25, 0.3) is 10.8 Å². The highest BCUT2D eigenvalue weighted by Crippen LogP contribution is 2.23. The zero-order chi connectivity index (χ0) is 17.8. The molecular weight excluding hydrogens is 356 g/mol. The summed E-state index contributed by atoms with van der Waals surface area (Å²) in [4.78, 5) is 18.5. The van der Waals surface area contributed by atoms with Gasteiger partial charge in [0.2, 0.25) is 5.89 Å². The molecule has 0 spiro atoms. The van der Waals surface area contributed by atoms with Crippen molar-refractivity contribution in [3.63, 3.8) is 0 Å². The summed E-state index contributed by atoms with van der Waals surface area (Å²) in [6, 6.07) is 11.4. The Morgan fingerprint density at radius 1 is 1.27 bits per heavy atom. The van der Waals surface area contributed by atoms with Crippen LogP contribution in [0.2, 0.25) is 0 Å². The highest BCUT2D eigenvalue weighted by atomic mass is 35.5. The molecular formula is C18H21ClN4O3. The smallest absolute Gasteiger partial charge is 0.256 e. The van der Waals surface area contributed by atoms with Crippen molar-refractivity contribution in [2.24, 2.45) is 0 Å². The van der Waals surface area contributed by atoms with E-state index in [9.17, 15) is 4.79 Å². The third-order valence-corrected chi connectivity index (χ3v) is 3.91. The number of nitrogens with zero attached hydrogens (tertiary/aromatic N) is 3. The fraction of sp³-hybridized carbons (Fsp3) is 0.278. The number of halogens is 1. The molecule has 0 radical (unpaired) electrons. The summed E-state index contributed by atoms with van der Waals surface area (Å²) in [5, 5.41) is 5.83. The number of nitrogens with two attached hydrogens (primary N) is 1. The maximum atomic E-state index is 12.7. The van der Waals surface area contributed by atoms with Gasteiger partial charge in [-0.25, -0.2) is 0 Å². The molecule has 138 valence electrons. The first-order chi connectivity index (χ1) is 12.1. The zero-order valence-electron chi connectivity index (χ0n) is 14.6. The molecule has 1 aromatic heterocycles. The lowest BCUT2D eigenvalue weighted by molar-refractivity contribution is 0.0771. The number of hydrogen-bond acceptors (Lipinski definition) is 6. The number of carbonyl (C=O) groups excluding carboxylic acids is 1. The van der Waals surface area contributed by atoms with Crippen molar-refractivity contribution in [2.75, 3.05) is 26.5 Å². The van der Waals surface area contributed by atoms with Gasteiger partial charge in [0.15, 0.2) is 5.82 Å². The van der Waals surface area contributed by atoms with Crippen molar-refractivity contribution in [3.8, 4) is 0 Å². The molecule has 0 bridgehead atoms. The van der Waals surface area contributed by atoms with Crippen LogP contribution in [0.4, 0.5) is 5.69 Å². The van der Waals surface area contributed by atoms with Gasteiger partial charge in [-0.3, -0.25) is 4.79 Å². The van der Waals surface area contributed by atoms with Gasteiger partial charge < -0.3 is 19.9 Å². The summed E-state index contributed by atoms with van der Waals surface area (Å²) in [6.07, 6.45) is 0.565. The number of aromatic nitrogens is 2. The van der Waals surface area contributed by atoms with E-state index >= 15 is 0 Å². The van der Waals surface area contributed by atoms with Gasteiger partial charge in [-0.1, -0.05) is 29.4 Å². The fourth-order valence-electron chi connectivity index (χ4n) is 2.57. The summed E-state index contributed by atoms with van der Waals surface area (Å²) in [5.41, 5.74) is 6.97. The molecule has 0 saturated carbocycles. The largest absolute Gasteiger partial charge is 0.398 e. The lowest BCUT2D eigenvalue weighted by atomic mass is 10.0. The molecule has 0 aliphatic rings. The van der Waals surface area contributed by atoms with Gasteiger partial charge in [-0.05, 0) is 22.9 Å². The van der Waals surface area contributed by atoms with Gasteiger partial charge in [-0.15, -0.1) is 12.4 Å². The van der Waals surface area contributed by atoms with Crippen molar-refractivity contribution < 1.29 is 14.1 Å². The third kappa shape index (κ3) is 4.30. The number of benzene rings is 2. The third-order valence-electron chi connectivity index (χ3n) is 3.91. The molecule has 3 aromatic rings. The number of ether oxygens (including phenoxy) is 1. The zero-order valence-corrected chi connectivity index (χ0v) is 15.5. The molecule has 8 heteroatoms. The number of nitrogen functional groups attached to an aromatic ring is 1. The van der Waals surface area contributed by atoms with Gasteiger partial charge in [0.05, 0.1) is 18.7 Å². The maximum absolute atomic E-state index is 12.7. The van der Waals surface area contributed by atoms with Crippen LogP contribution in [-0.2, 0) is 17.7 Å². The Hall–Kier alpha value is -2.64. The summed E-state index contributed by atoms with van der Waals surface area (Å²) in [7, 11) is 3.29. The lowest BCUT2D eigenvalue weighted by Crippen LogP contribution is -2.27. The standard InChI is InChI=1S/C18H20N4O3.ClH/c1-22(11-17-20-16(21-25-17)7-8-24-2)18(23)14-9-12-5-3-4-6-13(12)10-15(14)19;/h3-6,9-10H,7-8,11,19H2,1-2H3;1H. The highest BCUT2D eigenvalue weighted by molar-refractivity contribution is 6.03. The molecule has 0 saturated heterocycles. The predicted molar refractivity (Wildman–Crippen MR) is 101 cm³/mol. The van der Waals surface area contributed by atoms with Crippen LogP contribution in [0.5, 0.6) is 0 Å². The molecule has 1 heterocycles. The van der Waals surface area contributed by atoms with Crippen LogP contribution in [0.3, 0.4) is 0 Å². The molecule has 7 nitrogen and oxygen atoms in total. The Morgan fingerprint density at radius 3 is 2.65 bits per heavy atom. The predicted octanol–water partition coefficient (Wildman–Crippen LogP) is 2.69. The molecule has 0 aliphatic heterocycles. The second-order valence-corrected chi connectivity index (χ2v) is 5.79. The minimum absolute atomic E-state index is 0. The monoisotopic (exact) mass is 376 g/mol. The maximum Gasteiger partial charge on any atom is 0.256 e. The number of carbonyl (C=O) groups is 1. The Balaban J connectivity index is 0.00000243. The molecule has 2 aromatic carbocycles. The Morgan fingerprint density at radius 2 is 1.96 bits per heavy atom. The van der Waals surface area contributed by atoms with Crippen LogP contribution < -0.4 is 5.73 Å². The molecule has 0 atom stereocenters. The van der Waals surface area contributed by atoms with Gasteiger partial charge in [0.1, 0.15) is 0 Å². The van der Waals surface area contributed by atoms with Crippen LogP contribution in [0.1, 0.15) is 22.1 Å². The first-order valence-electron chi connectivity index (χ1n) is 7.92. The van der Waals surface area contributed by atoms with Crippen LogP contribution in [0.15, 0.2) is 40.9 Å². The quantitative estimate of drug-likeness (QED) is 0.664. The molecule has 3 rings (SSSR count). The minimum Gasteiger partial charge on any atom is -0.398 e. The normalized spacial score (nSPS) is 10.5. The molecule has 0 aliphatic carbocycles. The van der Waals surface area contributed by atoms with Crippen molar-refractivity contribution in [1.82, 2.24) is 15.0 Å². The van der Waals surface area contributed by atoms with Crippen LogP contribution >= 0.6 is 12.4 Å². The molecule has 0 unspecified atom stereocenters. The fourth-order valence-corrected chi connectivity index (χ4v) is 2.57. The number of anilines is 1. The molecule has 1 amide bonds. The van der Waals surface area contributed by atoms with E-state index in [1.165, 1.54) is 4.90 Å². The lowest BCUT2D eigenvalue weighted by Gasteiger charge is -2.16. The summed E-state index contributed by atoms with van der Waals surface area (Å²) in [5.74, 6) is 0.740. The first kappa shape index (κ1) is 19.7. The average molecular weight is 377 g/mol. The van der Waals surface area contributed by atoms with E-state index in [2.05, 4.69) is 10.1 Å². The van der Waals surface area contributed by atoms with Crippen molar-refractivity contribution >= 4 is 34.8 Å². The number of amides is 1. The Labute approximate surface area is 157 Å². The summed E-state index contributed by atoms with van der Waals surface area (Å²) >= 11 is 0. The van der Waals surface area contributed by atoms with Crippen LogP contribution in [-0.4, -0.2) is 41.7 Å². The van der Waals surface area contributed by atoms with Gasteiger partial charge in [0.25, 0.3) is 5.91 Å². The van der Waals surface area contributed by atoms with E-state index in [0.717, 1.165) is 10.8 Å². The SMILES string of the molecule is COCCc1noc(CN(C)C(=O)c2cc3ccccc3cc2N)n1.Cl. The van der Waals surface area contributed by atoms with Crippen molar-refractivity contribution in [2.45, 2.75) is 13.0 Å². The number of rotatable bonds is 6. The van der Waals surface area contributed by atoms with Crippen molar-refractivity contribution in [3.05, 3.63) is 53.7 Å². The Kier molecular flexibility index (Phi) is 6.54. The highest BCUT2D eigenvalue weighted by Gasteiger charge is 2.18. The summed E-state index contributed by atoms with van der Waals surface area (Å²) < 4.78 is 10.2. The number of hydrogen-bond donors (Lipinski definition) is 1. The summed E-state index contributed by atoms with van der Waals surface area (Å²) in [6.45, 7) is 0.729. The molecule has 0 fully saturated rings. The van der Waals surface area contributed by atoms with Gasteiger partial charge in [0, 0.05) is 26.3 Å². The topological polar surface area (TPSA) is 94.5 Å². The second-order valence-electron chi connectivity index (χ2n) is 5.79. The first-order valence-corrected chi connectivity index (χ1v) is 7.92. The van der Waals surface area contributed by atoms with E-state index in [0.29, 0.717) is 36.0 Å². The molecule has 2 N–H and O–H groups in total. The second kappa shape index (κ2) is 8.64. The van der Waals surface area contributed by atoms with Crippen LogP contribution in [0, 0.1) is 0 Å². The van der Waals surface area contributed by atoms with E-state index in [-0.39, 0.29) is 24.9 Å². The minimum atomic E-state index is -0.195. The molecule has 26 heavy (non-hydrogen) atoms. The van der Waals surface area contributed by atoms with Gasteiger partial charge in [-0.2, -0.15) is 4.98 Å². The van der Waals surface area contributed by atoms with E-state index in [4.69, 9.17) is 15.0 Å². The number of fused-ring (bicyclic) bond motifs is 1. The van der Waals surface area contributed by atoms with E-state index in [1.807, 2.05) is 30.3 Å². The average Bonchev–Trinajstić information content (AvgIpc) is 3.06. The Bertz CT molecular complexity index is 897. The van der Waals surface area contributed by atoms with Gasteiger partial charge >= 0.3 is 0 Å². The van der Waals surface area contributed by atoms with E-state index in [1.54, 1.807) is 20.2 Å². The van der Waals surface area contributed by atoms with E-state index < -0.39 is 0 Å². The number of methoxy groups -OCH3 is 1.